The van der Waals surface area contributed by atoms with Crippen molar-refractivity contribution in [1.29, 1.82) is 0 Å². The van der Waals surface area contributed by atoms with Crippen molar-refractivity contribution in [3.05, 3.63) is 34.3 Å². The van der Waals surface area contributed by atoms with Gasteiger partial charge in [0.05, 0.1) is 21.9 Å². The monoisotopic (exact) mass is 480 g/mol. The number of rotatable bonds is 9. The topological polar surface area (TPSA) is 66.5 Å². The normalized spacial score (nSPS) is 24.2. The van der Waals surface area contributed by atoms with Crippen LogP contribution < -0.4 is 5.32 Å². The zero-order valence-corrected chi connectivity index (χ0v) is 19.2. The first-order valence-electron chi connectivity index (χ1n) is 10.5. The Morgan fingerprint density at radius 2 is 1.94 bits per heavy atom. The zero-order chi connectivity index (χ0) is 23.0. The molecule has 0 spiro atoms. The highest BCUT2D eigenvalue weighted by Crippen LogP contribution is 2.52. The molecule has 1 aromatic rings. The van der Waals surface area contributed by atoms with Crippen LogP contribution in [0.2, 0.25) is 5.02 Å². The van der Waals surface area contributed by atoms with E-state index < -0.39 is 27.7 Å². The van der Waals surface area contributed by atoms with E-state index >= 15 is 0 Å². The SMILES string of the molecule is CCCS(=O)(=O)N(C)[C@H]1C[C@@](CNC(=O)c2ccc(C(F)(F)F)cc2Cl)(CC2CC2)C1. The van der Waals surface area contributed by atoms with Gasteiger partial charge >= 0.3 is 6.18 Å². The summed E-state index contributed by atoms with van der Waals surface area (Å²) >= 11 is 5.93. The van der Waals surface area contributed by atoms with Crippen LogP contribution in [0.25, 0.3) is 0 Å². The van der Waals surface area contributed by atoms with Gasteiger partial charge in [-0.15, -0.1) is 0 Å². The molecule has 0 atom stereocenters. The van der Waals surface area contributed by atoms with Crippen molar-refractivity contribution in [1.82, 2.24) is 9.62 Å². The fourth-order valence-corrected chi connectivity index (χ4v) is 6.06. The van der Waals surface area contributed by atoms with E-state index in [0.29, 0.717) is 31.7 Å². The molecule has 2 aliphatic carbocycles. The van der Waals surface area contributed by atoms with Gasteiger partial charge in [-0.3, -0.25) is 4.79 Å². The van der Waals surface area contributed by atoms with Crippen LogP contribution >= 0.6 is 11.6 Å². The van der Waals surface area contributed by atoms with Gasteiger partial charge in [0.25, 0.3) is 5.91 Å². The van der Waals surface area contributed by atoms with Gasteiger partial charge in [0.2, 0.25) is 10.0 Å². The van der Waals surface area contributed by atoms with Crippen molar-refractivity contribution in [2.45, 2.75) is 57.7 Å². The number of amides is 1. The molecule has 5 nitrogen and oxygen atoms in total. The van der Waals surface area contributed by atoms with Crippen molar-refractivity contribution in [2.24, 2.45) is 11.3 Å². The number of hydrogen-bond acceptors (Lipinski definition) is 3. The van der Waals surface area contributed by atoms with Crippen LogP contribution in [0.4, 0.5) is 13.2 Å². The fraction of sp³-hybridized carbons (Fsp3) is 0.667. The lowest BCUT2D eigenvalue weighted by Crippen LogP contribution is -2.56. The molecular formula is C21H28ClF3N2O3S. The Balaban J connectivity index is 1.65. The first kappa shape index (κ1) is 24.3. The summed E-state index contributed by atoms with van der Waals surface area (Å²) in [5, 5.41) is 2.58. The number of benzene rings is 1. The van der Waals surface area contributed by atoms with E-state index in [2.05, 4.69) is 5.32 Å². The maximum atomic E-state index is 12.8. The summed E-state index contributed by atoms with van der Waals surface area (Å²) < 4.78 is 64.6. The van der Waals surface area contributed by atoms with Crippen LogP contribution in [-0.4, -0.2) is 44.0 Å². The summed E-state index contributed by atoms with van der Waals surface area (Å²) in [7, 11) is -1.68. The minimum atomic E-state index is -4.53. The molecule has 174 valence electrons. The van der Waals surface area contributed by atoms with E-state index in [4.69, 9.17) is 11.6 Å². The fourth-order valence-electron chi connectivity index (χ4n) is 4.38. The van der Waals surface area contributed by atoms with Gasteiger partial charge in [0.15, 0.2) is 0 Å². The second-order valence-corrected chi connectivity index (χ2v) is 11.5. The highest BCUT2D eigenvalue weighted by Gasteiger charge is 2.50. The molecule has 2 saturated carbocycles. The Morgan fingerprint density at radius 3 is 2.45 bits per heavy atom. The van der Waals surface area contributed by atoms with E-state index in [1.54, 1.807) is 7.05 Å². The quantitative estimate of drug-likeness (QED) is 0.556. The number of hydrogen-bond donors (Lipinski definition) is 1. The standard InChI is InChI=1S/C21H28ClF3N2O3S/c1-3-8-31(29,30)27(2)16-11-20(12-16,10-14-4-5-14)13-26-19(28)17-7-6-15(9-18(17)22)21(23,24)25/h6-7,9,14,16H,3-5,8,10-13H2,1-2H3,(H,26,28)/t16-,20-. The number of nitrogens with zero attached hydrogens (tertiary/aromatic N) is 1. The molecule has 0 saturated heterocycles. The van der Waals surface area contributed by atoms with Crippen molar-refractivity contribution in [2.75, 3.05) is 19.3 Å². The van der Waals surface area contributed by atoms with E-state index in [0.717, 1.165) is 37.5 Å². The highest BCUT2D eigenvalue weighted by atomic mass is 35.5. The van der Waals surface area contributed by atoms with Crippen LogP contribution in [0, 0.1) is 11.3 Å². The molecule has 2 aliphatic rings. The first-order valence-corrected chi connectivity index (χ1v) is 12.5. The number of carbonyl (C=O) groups is 1. The van der Waals surface area contributed by atoms with Crippen molar-refractivity contribution >= 4 is 27.5 Å². The number of nitrogens with one attached hydrogen (secondary N) is 1. The molecule has 2 fully saturated rings. The zero-order valence-electron chi connectivity index (χ0n) is 17.6. The van der Waals surface area contributed by atoms with E-state index in [9.17, 15) is 26.4 Å². The van der Waals surface area contributed by atoms with Gasteiger partial charge in [0.1, 0.15) is 0 Å². The van der Waals surface area contributed by atoms with Gasteiger partial charge < -0.3 is 5.32 Å². The van der Waals surface area contributed by atoms with Gasteiger partial charge in [-0.25, -0.2) is 12.7 Å². The third-order valence-corrected chi connectivity index (χ3v) is 8.75. The summed E-state index contributed by atoms with van der Waals surface area (Å²) in [4.78, 5) is 12.6. The molecule has 10 heteroatoms. The number of alkyl halides is 3. The van der Waals surface area contributed by atoms with E-state index in [1.807, 2.05) is 6.92 Å². The average Bonchev–Trinajstić information content (AvgIpc) is 3.45. The Morgan fingerprint density at radius 1 is 1.29 bits per heavy atom. The summed E-state index contributed by atoms with van der Waals surface area (Å²) in [6.07, 6.45) is 0.513. The van der Waals surface area contributed by atoms with Crippen molar-refractivity contribution < 1.29 is 26.4 Å². The third kappa shape index (κ3) is 5.73. The molecule has 0 radical (unpaired) electrons. The van der Waals surface area contributed by atoms with Gasteiger partial charge in [-0.2, -0.15) is 13.2 Å². The predicted molar refractivity (Wildman–Crippen MR) is 113 cm³/mol. The molecule has 1 amide bonds. The largest absolute Gasteiger partial charge is 0.416 e. The summed E-state index contributed by atoms with van der Waals surface area (Å²) in [6, 6.07) is 2.58. The Labute approximate surface area is 186 Å². The number of carbonyl (C=O) groups excluding carboxylic acids is 1. The lowest BCUT2D eigenvalue weighted by atomic mass is 9.62. The lowest BCUT2D eigenvalue weighted by molar-refractivity contribution is -0.137. The molecule has 1 N–H and O–H groups in total. The molecule has 1 aromatic carbocycles. The van der Waals surface area contributed by atoms with Gasteiger partial charge in [-0.05, 0) is 55.2 Å². The first-order chi connectivity index (χ1) is 14.4. The molecule has 0 unspecified atom stereocenters. The van der Waals surface area contributed by atoms with Crippen molar-refractivity contribution in [3.8, 4) is 0 Å². The van der Waals surface area contributed by atoms with Crippen LogP contribution in [0.15, 0.2) is 18.2 Å². The Kier molecular flexibility index (Phi) is 6.99. The van der Waals surface area contributed by atoms with Crippen LogP contribution in [-0.2, 0) is 16.2 Å². The second kappa shape index (κ2) is 8.90. The highest BCUT2D eigenvalue weighted by molar-refractivity contribution is 7.89. The maximum Gasteiger partial charge on any atom is 0.416 e. The molecule has 0 bridgehead atoms. The third-order valence-electron chi connectivity index (χ3n) is 6.34. The summed E-state index contributed by atoms with van der Waals surface area (Å²) in [5.41, 5.74) is -1.11. The summed E-state index contributed by atoms with van der Waals surface area (Å²) in [6.45, 7) is 2.17. The van der Waals surface area contributed by atoms with Crippen molar-refractivity contribution in [3.63, 3.8) is 0 Å². The van der Waals surface area contributed by atoms with Crippen LogP contribution in [0.3, 0.4) is 0 Å². The van der Waals surface area contributed by atoms with E-state index in [1.165, 1.54) is 4.31 Å². The minimum absolute atomic E-state index is 0.00486. The van der Waals surface area contributed by atoms with Crippen LogP contribution in [0.1, 0.15) is 61.4 Å². The number of sulfonamides is 1. The number of halogens is 4. The summed E-state index contributed by atoms with van der Waals surface area (Å²) in [5.74, 6) is 0.174. The molecule has 31 heavy (non-hydrogen) atoms. The Hall–Kier alpha value is -1.32. The van der Waals surface area contributed by atoms with Gasteiger partial charge in [-0.1, -0.05) is 31.4 Å². The lowest BCUT2D eigenvalue weighted by Gasteiger charge is -2.51. The smallest absolute Gasteiger partial charge is 0.351 e. The minimum Gasteiger partial charge on any atom is -0.351 e. The van der Waals surface area contributed by atoms with Gasteiger partial charge in [0, 0.05) is 19.6 Å². The molecule has 0 aliphatic heterocycles. The second-order valence-electron chi connectivity index (χ2n) is 8.92. The molecule has 0 heterocycles. The molecule has 3 rings (SSSR count). The Bertz CT molecular complexity index is 926. The maximum absolute atomic E-state index is 12.8. The van der Waals surface area contributed by atoms with E-state index in [-0.39, 0.29) is 27.8 Å². The predicted octanol–water partition coefficient (Wildman–Crippen LogP) is 4.71. The molecule has 0 aromatic heterocycles. The average molecular weight is 481 g/mol. The van der Waals surface area contributed by atoms with Crippen LogP contribution in [0.5, 0.6) is 0 Å². The molecular weight excluding hydrogens is 453 g/mol.